The van der Waals surface area contributed by atoms with Crippen LogP contribution >= 0.6 is 0 Å². The maximum atomic E-state index is 11.8. The Bertz CT molecular complexity index is 630. The first kappa shape index (κ1) is 14.6. The van der Waals surface area contributed by atoms with E-state index in [1.165, 1.54) is 0 Å². The second kappa shape index (κ2) is 7.11. The smallest absolute Gasteiger partial charge is 0.258 e. The van der Waals surface area contributed by atoms with Crippen molar-refractivity contribution in [3.63, 3.8) is 0 Å². The molecule has 0 bridgehead atoms. The van der Waals surface area contributed by atoms with Crippen LogP contribution in [-0.4, -0.2) is 12.5 Å². The van der Waals surface area contributed by atoms with Gasteiger partial charge in [0.15, 0.2) is 6.61 Å². The van der Waals surface area contributed by atoms with Crippen LogP contribution in [0.3, 0.4) is 0 Å². The van der Waals surface area contributed by atoms with Crippen LogP contribution in [0.5, 0.6) is 5.75 Å². The van der Waals surface area contributed by atoms with Crippen molar-refractivity contribution >= 4 is 5.91 Å². The molecule has 0 fully saturated rings. The molecular weight excluding hydrogens is 264 g/mol. The predicted molar refractivity (Wildman–Crippen MR) is 79.7 cm³/mol. The Morgan fingerprint density at radius 1 is 1.19 bits per heavy atom. The topological polar surface area (TPSA) is 62.1 Å². The number of nitriles is 1. The third-order valence-corrected chi connectivity index (χ3v) is 3.03. The zero-order chi connectivity index (χ0) is 15.1. The van der Waals surface area contributed by atoms with E-state index in [-0.39, 0.29) is 18.6 Å². The van der Waals surface area contributed by atoms with Gasteiger partial charge >= 0.3 is 0 Å². The molecule has 2 aromatic carbocycles. The molecule has 0 heterocycles. The summed E-state index contributed by atoms with van der Waals surface area (Å²) < 4.78 is 5.39. The van der Waals surface area contributed by atoms with Gasteiger partial charge in [-0.1, -0.05) is 30.3 Å². The number of amides is 1. The van der Waals surface area contributed by atoms with E-state index in [9.17, 15) is 4.79 Å². The molecule has 4 heteroatoms. The molecule has 1 unspecified atom stereocenters. The fraction of sp³-hybridized carbons (Fsp3) is 0.176. The van der Waals surface area contributed by atoms with Gasteiger partial charge in [-0.3, -0.25) is 4.79 Å². The number of hydrogen-bond acceptors (Lipinski definition) is 3. The van der Waals surface area contributed by atoms with Crippen molar-refractivity contribution in [2.24, 2.45) is 0 Å². The van der Waals surface area contributed by atoms with Crippen LogP contribution in [0.15, 0.2) is 54.6 Å². The van der Waals surface area contributed by atoms with Gasteiger partial charge in [0.25, 0.3) is 5.91 Å². The maximum Gasteiger partial charge on any atom is 0.258 e. The molecule has 0 aliphatic carbocycles. The van der Waals surface area contributed by atoms with Crippen LogP contribution in [0.2, 0.25) is 0 Å². The van der Waals surface area contributed by atoms with Crippen molar-refractivity contribution in [1.82, 2.24) is 5.32 Å². The maximum absolute atomic E-state index is 11.8. The van der Waals surface area contributed by atoms with Gasteiger partial charge < -0.3 is 10.1 Å². The molecule has 2 rings (SSSR count). The summed E-state index contributed by atoms with van der Waals surface area (Å²) in [7, 11) is 0. The van der Waals surface area contributed by atoms with Gasteiger partial charge in [0.05, 0.1) is 17.7 Å². The van der Waals surface area contributed by atoms with Crippen LogP contribution in [0, 0.1) is 11.3 Å². The number of benzene rings is 2. The van der Waals surface area contributed by atoms with E-state index >= 15 is 0 Å². The lowest BCUT2D eigenvalue weighted by Gasteiger charge is -2.14. The van der Waals surface area contributed by atoms with Gasteiger partial charge in [0.1, 0.15) is 5.75 Å². The predicted octanol–water partition coefficient (Wildman–Crippen LogP) is 2.81. The minimum atomic E-state index is -0.185. The summed E-state index contributed by atoms with van der Waals surface area (Å²) in [6, 6.07) is 18.3. The van der Waals surface area contributed by atoms with Crippen LogP contribution in [0.4, 0.5) is 0 Å². The summed E-state index contributed by atoms with van der Waals surface area (Å²) in [5.74, 6) is 0.481. The summed E-state index contributed by atoms with van der Waals surface area (Å²) in [6.07, 6.45) is 0. The number of carbonyl (C=O) groups excluding carboxylic acids is 1. The van der Waals surface area contributed by atoms with Gasteiger partial charge in [0.2, 0.25) is 0 Å². The molecule has 4 nitrogen and oxygen atoms in total. The molecular formula is C17H16N2O2. The van der Waals surface area contributed by atoms with Crippen molar-refractivity contribution in [2.75, 3.05) is 6.61 Å². The summed E-state index contributed by atoms with van der Waals surface area (Å²) >= 11 is 0. The van der Waals surface area contributed by atoms with Gasteiger partial charge in [-0.15, -0.1) is 0 Å². The summed E-state index contributed by atoms with van der Waals surface area (Å²) in [5, 5.41) is 11.6. The van der Waals surface area contributed by atoms with E-state index in [0.29, 0.717) is 11.3 Å². The molecule has 1 amide bonds. The summed E-state index contributed by atoms with van der Waals surface area (Å²) in [6.45, 7) is 1.87. The van der Waals surface area contributed by atoms with E-state index in [1.54, 1.807) is 24.3 Å². The third-order valence-electron chi connectivity index (χ3n) is 3.03. The van der Waals surface area contributed by atoms with E-state index in [1.807, 2.05) is 37.3 Å². The molecule has 1 N–H and O–H groups in total. The van der Waals surface area contributed by atoms with E-state index in [0.717, 1.165) is 5.56 Å². The second-order valence-corrected chi connectivity index (χ2v) is 4.62. The van der Waals surface area contributed by atoms with Crippen LogP contribution < -0.4 is 10.1 Å². The normalized spacial score (nSPS) is 11.2. The fourth-order valence-electron chi connectivity index (χ4n) is 1.88. The number of carbonyl (C=O) groups is 1. The summed E-state index contributed by atoms with van der Waals surface area (Å²) in [5.41, 5.74) is 1.55. The minimum absolute atomic E-state index is 0.0232. The Balaban J connectivity index is 1.85. The zero-order valence-electron chi connectivity index (χ0n) is 11.7. The van der Waals surface area contributed by atoms with Crippen molar-refractivity contribution in [3.05, 3.63) is 65.7 Å². The first-order valence-corrected chi connectivity index (χ1v) is 6.66. The standard InChI is InChI=1S/C17H16N2O2/c1-13(15-9-7-14(11-18)8-10-15)19-17(20)12-21-16-5-3-2-4-6-16/h2-10,13H,12H2,1H3,(H,19,20). The molecule has 0 saturated heterocycles. The van der Waals surface area contributed by atoms with Crippen molar-refractivity contribution < 1.29 is 9.53 Å². The fourth-order valence-corrected chi connectivity index (χ4v) is 1.88. The number of para-hydroxylation sites is 1. The summed E-state index contributed by atoms with van der Waals surface area (Å²) in [4.78, 5) is 11.8. The quantitative estimate of drug-likeness (QED) is 0.916. The van der Waals surface area contributed by atoms with Crippen LogP contribution in [-0.2, 0) is 4.79 Å². The lowest BCUT2D eigenvalue weighted by atomic mass is 10.1. The number of nitrogens with zero attached hydrogens (tertiary/aromatic N) is 1. The number of ether oxygens (including phenoxy) is 1. The lowest BCUT2D eigenvalue weighted by Crippen LogP contribution is -2.31. The SMILES string of the molecule is CC(NC(=O)COc1ccccc1)c1ccc(C#N)cc1. The van der Waals surface area contributed by atoms with Gasteiger partial charge in [0, 0.05) is 0 Å². The Morgan fingerprint density at radius 2 is 1.86 bits per heavy atom. The van der Waals surface area contributed by atoms with Crippen LogP contribution in [0.1, 0.15) is 24.1 Å². The number of nitrogens with one attached hydrogen (secondary N) is 1. The van der Waals surface area contributed by atoms with E-state index < -0.39 is 0 Å². The molecule has 0 aromatic heterocycles. The Hall–Kier alpha value is -2.80. The Labute approximate surface area is 124 Å². The van der Waals surface area contributed by atoms with Crippen LogP contribution in [0.25, 0.3) is 0 Å². The number of hydrogen-bond donors (Lipinski definition) is 1. The highest BCUT2D eigenvalue weighted by Crippen LogP contribution is 2.13. The van der Waals surface area contributed by atoms with Crippen molar-refractivity contribution in [2.45, 2.75) is 13.0 Å². The van der Waals surface area contributed by atoms with Crippen molar-refractivity contribution in [3.8, 4) is 11.8 Å². The zero-order valence-corrected chi connectivity index (χ0v) is 11.7. The Morgan fingerprint density at radius 3 is 2.48 bits per heavy atom. The highest BCUT2D eigenvalue weighted by atomic mass is 16.5. The highest BCUT2D eigenvalue weighted by molar-refractivity contribution is 5.78. The van der Waals surface area contributed by atoms with Gasteiger partial charge in [-0.2, -0.15) is 5.26 Å². The first-order chi connectivity index (χ1) is 10.2. The van der Waals surface area contributed by atoms with E-state index in [4.69, 9.17) is 10.00 Å². The highest BCUT2D eigenvalue weighted by Gasteiger charge is 2.10. The average Bonchev–Trinajstić information content (AvgIpc) is 2.54. The Kier molecular flexibility index (Phi) is 4.94. The first-order valence-electron chi connectivity index (χ1n) is 6.66. The lowest BCUT2D eigenvalue weighted by molar-refractivity contribution is -0.123. The molecule has 21 heavy (non-hydrogen) atoms. The molecule has 0 saturated carbocycles. The molecule has 0 spiro atoms. The molecule has 0 aliphatic heterocycles. The number of rotatable bonds is 5. The molecule has 0 aliphatic rings. The largest absolute Gasteiger partial charge is 0.484 e. The third kappa shape index (κ3) is 4.36. The molecule has 1 atom stereocenters. The van der Waals surface area contributed by atoms with Crippen molar-refractivity contribution in [1.29, 1.82) is 5.26 Å². The average molecular weight is 280 g/mol. The minimum Gasteiger partial charge on any atom is -0.484 e. The monoisotopic (exact) mass is 280 g/mol. The van der Waals surface area contributed by atoms with Gasteiger partial charge in [-0.05, 0) is 36.8 Å². The molecule has 0 radical (unpaired) electrons. The van der Waals surface area contributed by atoms with E-state index in [2.05, 4.69) is 11.4 Å². The van der Waals surface area contributed by atoms with Gasteiger partial charge in [-0.25, -0.2) is 0 Å². The second-order valence-electron chi connectivity index (χ2n) is 4.62. The molecule has 2 aromatic rings. The molecule has 106 valence electrons.